The fourth-order valence-electron chi connectivity index (χ4n) is 4.82. The summed E-state index contributed by atoms with van der Waals surface area (Å²) in [4.78, 5) is 33.2. The number of para-hydroxylation sites is 1. The first-order valence-corrected chi connectivity index (χ1v) is 12.2. The molecule has 1 aliphatic rings. The Morgan fingerprint density at radius 3 is 2.59 bits per heavy atom. The molecule has 1 atom stereocenters. The van der Waals surface area contributed by atoms with E-state index in [1.54, 1.807) is 33.7 Å². The van der Waals surface area contributed by atoms with Crippen molar-refractivity contribution in [2.24, 2.45) is 0 Å². The summed E-state index contributed by atoms with van der Waals surface area (Å²) >= 11 is 6.36. The van der Waals surface area contributed by atoms with Crippen LogP contribution in [-0.4, -0.2) is 58.0 Å². The molecule has 1 fully saturated rings. The molecule has 39 heavy (non-hydrogen) atoms. The quantitative estimate of drug-likeness (QED) is 0.337. The Labute approximate surface area is 232 Å². The van der Waals surface area contributed by atoms with Gasteiger partial charge in [-0.15, -0.1) is 0 Å². The first-order chi connectivity index (χ1) is 18.6. The van der Waals surface area contributed by atoms with Crippen LogP contribution in [0, 0.1) is 0 Å². The van der Waals surface area contributed by atoms with Crippen molar-refractivity contribution in [1.29, 1.82) is 0 Å². The predicted octanol–water partition coefficient (Wildman–Crippen LogP) is 3.33. The Morgan fingerprint density at radius 1 is 1.08 bits per heavy atom. The molecule has 12 nitrogen and oxygen atoms in total. The van der Waals surface area contributed by atoms with Gasteiger partial charge in [0.05, 0.1) is 34.9 Å². The van der Waals surface area contributed by atoms with Crippen LogP contribution in [-0.2, 0) is 0 Å². The lowest BCUT2D eigenvalue weighted by Crippen LogP contribution is -2.45. The minimum absolute atomic E-state index is 0. The van der Waals surface area contributed by atoms with Gasteiger partial charge in [-0.05, 0) is 24.6 Å². The number of hydrogen-bond acceptors (Lipinski definition) is 9. The molecule has 7 rings (SSSR count). The fourth-order valence-corrected chi connectivity index (χ4v) is 5.04. The minimum Gasteiger partial charge on any atom is -0.467 e. The molecule has 0 amide bonds. The van der Waals surface area contributed by atoms with Gasteiger partial charge in [0.2, 0.25) is 0 Å². The highest BCUT2D eigenvalue weighted by Crippen LogP contribution is 2.41. The Kier molecular flexibility index (Phi) is 6.16. The van der Waals surface area contributed by atoms with Crippen LogP contribution in [0.25, 0.3) is 33.5 Å². The number of nitrogens with zero attached hydrogens (tertiary/aromatic N) is 9. The topological polar surface area (TPSA) is 132 Å². The highest BCUT2D eigenvalue weighted by atomic mass is 35.5. The third-order valence-electron chi connectivity index (χ3n) is 6.70. The molecular weight excluding hydrogens is 540 g/mol. The number of halogens is 1. The summed E-state index contributed by atoms with van der Waals surface area (Å²) < 4.78 is 8.26. The molecule has 5 aromatic heterocycles. The summed E-state index contributed by atoms with van der Waals surface area (Å²) in [5.74, 6) is 1.25. The summed E-state index contributed by atoms with van der Waals surface area (Å²) in [5, 5.41) is 13.4. The van der Waals surface area contributed by atoms with Gasteiger partial charge >= 0.3 is 6.01 Å². The molecule has 0 saturated carbocycles. The number of aromatic nitrogens is 9. The number of nitrogens with one attached hydrogen (secondary N) is 1. The van der Waals surface area contributed by atoms with Gasteiger partial charge in [0.1, 0.15) is 17.7 Å². The molecule has 6 heterocycles. The minimum atomic E-state index is -0.240. The molecule has 0 aliphatic carbocycles. The monoisotopic (exact) mass is 560 g/mol. The van der Waals surface area contributed by atoms with Gasteiger partial charge in [-0.2, -0.15) is 23.7 Å². The summed E-state index contributed by atoms with van der Waals surface area (Å²) in [5.41, 5.74) is 2.70. The number of ether oxygens (including phenoxy) is 1. The molecular formula is C25H21ClN10O2S. The second-order valence-electron chi connectivity index (χ2n) is 8.74. The number of anilines is 1. The van der Waals surface area contributed by atoms with Gasteiger partial charge in [-0.25, -0.2) is 24.5 Å². The molecule has 1 saturated heterocycles. The van der Waals surface area contributed by atoms with E-state index in [2.05, 4.69) is 35.0 Å². The normalized spacial score (nSPS) is 14.8. The summed E-state index contributed by atoms with van der Waals surface area (Å²) in [7, 11) is 1.51. The van der Waals surface area contributed by atoms with E-state index in [9.17, 15) is 4.79 Å². The number of aromatic amines is 1. The molecule has 196 valence electrons. The Morgan fingerprint density at radius 2 is 1.87 bits per heavy atom. The smallest absolute Gasteiger partial charge is 0.316 e. The summed E-state index contributed by atoms with van der Waals surface area (Å²) in [6, 6.07) is 11.1. The number of fused-ring (bicyclic) bond motifs is 2. The number of benzene rings is 1. The predicted molar refractivity (Wildman–Crippen MR) is 150 cm³/mol. The van der Waals surface area contributed by atoms with E-state index < -0.39 is 0 Å². The van der Waals surface area contributed by atoms with Gasteiger partial charge in [-0.3, -0.25) is 14.5 Å². The van der Waals surface area contributed by atoms with Crippen molar-refractivity contribution in [2.75, 3.05) is 18.6 Å². The van der Waals surface area contributed by atoms with Crippen molar-refractivity contribution in [1.82, 2.24) is 44.3 Å². The lowest BCUT2D eigenvalue weighted by molar-refractivity contribution is 0.380. The lowest BCUT2D eigenvalue weighted by atomic mass is 10.0. The zero-order chi connectivity index (χ0) is 25.8. The Balaban J connectivity index is 0.00000277. The van der Waals surface area contributed by atoms with E-state index >= 15 is 0 Å². The average Bonchev–Trinajstić information content (AvgIpc) is 3.53. The highest BCUT2D eigenvalue weighted by Gasteiger charge is 2.37. The molecule has 1 aromatic carbocycles. The van der Waals surface area contributed by atoms with Crippen LogP contribution in [0.15, 0.2) is 66.1 Å². The van der Waals surface area contributed by atoms with Crippen molar-refractivity contribution >= 4 is 47.5 Å². The zero-order valence-corrected chi connectivity index (χ0v) is 22.2. The van der Waals surface area contributed by atoms with Crippen molar-refractivity contribution in [3.05, 3.63) is 82.5 Å². The molecule has 1 N–H and O–H groups in total. The van der Waals surface area contributed by atoms with Gasteiger partial charge in [-0.1, -0.05) is 29.8 Å². The molecule has 0 unspecified atom stereocenters. The maximum absolute atomic E-state index is 13.7. The Bertz CT molecular complexity index is 1870. The first kappa shape index (κ1) is 24.8. The SMILES string of the molecule is COc1ncc(-c2[nH]nc3ncnc(N4CC[C@H]4c4nn5ccc(Cl)c5c(=O)n4-c4ccccc4)c23)cn1.S. The second kappa shape index (κ2) is 9.67. The molecule has 0 spiro atoms. The van der Waals surface area contributed by atoms with Gasteiger partial charge in [0, 0.05) is 30.7 Å². The third-order valence-corrected chi connectivity index (χ3v) is 7.00. The standard InChI is InChI=1S/C25H19ClN10O2.H2S/c1-38-25-27-11-14(12-28-25)19-18-21(32-31-19)29-13-30-23(18)34-9-8-17(34)22-33-35-10-7-16(26)20(35)24(37)36(22)15-5-3-2-4-6-15;/h2-7,10-13,17H,8-9H2,1H3,(H,29,30,31,32);1H2/t17-;/m0./s1. The van der Waals surface area contributed by atoms with Crippen molar-refractivity contribution in [3.63, 3.8) is 0 Å². The van der Waals surface area contributed by atoms with Crippen molar-refractivity contribution in [2.45, 2.75) is 12.5 Å². The third kappa shape index (κ3) is 3.89. The zero-order valence-electron chi connectivity index (χ0n) is 20.5. The van der Waals surface area contributed by atoms with Crippen LogP contribution in [0.4, 0.5) is 5.82 Å². The molecule has 6 aromatic rings. The molecule has 0 radical (unpaired) electrons. The number of rotatable bonds is 5. The summed E-state index contributed by atoms with van der Waals surface area (Å²) in [6.07, 6.45) is 7.25. The number of hydrogen-bond donors (Lipinski definition) is 1. The maximum Gasteiger partial charge on any atom is 0.316 e. The van der Waals surface area contributed by atoms with Crippen LogP contribution in [0.5, 0.6) is 6.01 Å². The average molecular weight is 561 g/mol. The van der Waals surface area contributed by atoms with Crippen LogP contribution < -0.4 is 15.2 Å². The van der Waals surface area contributed by atoms with Gasteiger partial charge < -0.3 is 9.64 Å². The van der Waals surface area contributed by atoms with E-state index in [0.717, 1.165) is 11.8 Å². The molecule has 14 heteroatoms. The lowest BCUT2D eigenvalue weighted by Gasteiger charge is -2.42. The van der Waals surface area contributed by atoms with Gasteiger partial charge in [0.15, 0.2) is 11.5 Å². The highest BCUT2D eigenvalue weighted by molar-refractivity contribution is 7.59. The van der Waals surface area contributed by atoms with Crippen molar-refractivity contribution in [3.8, 4) is 23.0 Å². The number of H-pyrrole nitrogens is 1. The van der Waals surface area contributed by atoms with E-state index in [1.165, 1.54) is 13.4 Å². The van der Waals surface area contributed by atoms with Crippen LogP contribution >= 0.6 is 25.1 Å². The van der Waals surface area contributed by atoms with Gasteiger partial charge in [0.25, 0.3) is 5.56 Å². The van der Waals surface area contributed by atoms with Crippen LogP contribution in [0.1, 0.15) is 18.3 Å². The fraction of sp³-hybridized carbons (Fsp3) is 0.160. The van der Waals surface area contributed by atoms with Crippen molar-refractivity contribution < 1.29 is 4.74 Å². The van der Waals surface area contributed by atoms with E-state index in [-0.39, 0.29) is 31.1 Å². The van der Waals surface area contributed by atoms with Crippen LogP contribution in [0.2, 0.25) is 5.02 Å². The maximum atomic E-state index is 13.7. The summed E-state index contributed by atoms with van der Waals surface area (Å²) in [6.45, 7) is 0.704. The van der Waals surface area contributed by atoms with E-state index in [1.807, 2.05) is 30.3 Å². The number of methoxy groups -OCH3 is 1. The molecule has 0 bridgehead atoms. The van der Waals surface area contributed by atoms with Crippen LogP contribution in [0.3, 0.4) is 0 Å². The second-order valence-corrected chi connectivity index (χ2v) is 9.15. The first-order valence-electron chi connectivity index (χ1n) is 11.8. The molecule has 1 aliphatic heterocycles. The van der Waals surface area contributed by atoms with E-state index in [0.29, 0.717) is 51.3 Å². The Hall–Kier alpha value is -4.49. The van der Waals surface area contributed by atoms with E-state index in [4.69, 9.17) is 21.4 Å². The largest absolute Gasteiger partial charge is 0.467 e.